The molecular formula is C21H24N4O3S. The minimum Gasteiger partial charge on any atom is -0.462 e. The quantitative estimate of drug-likeness (QED) is 0.493. The van der Waals surface area contributed by atoms with Gasteiger partial charge in [-0.1, -0.05) is 6.92 Å². The Bertz CT molecular complexity index is 1090. The topological polar surface area (TPSA) is 99.2 Å². The highest BCUT2D eigenvalue weighted by Gasteiger charge is 2.29. The lowest BCUT2D eigenvalue weighted by Crippen LogP contribution is -2.21. The van der Waals surface area contributed by atoms with E-state index in [0.29, 0.717) is 28.8 Å². The summed E-state index contributed by atoms with van der Waals surface area (Å²) in [7, 11) is 0. The van der Waals surface area contributed by atoms with Gasteiger partial charge in [0.2, 0.25) is 5.91 Å². The second-order valence-electron chi connectivity index (χ2n) is 7.45. The molecule has 0 fully saturated rings. The van der Waals surface area contributed by atoms with Gasteiger partial charge in [-0.05, 0) is 55.9 Å². The van der Waals surface area contributed by atoms with Crippen molar-refractivity contribution in [3.05, 3.63) is 40.4 Å². The van der Waals surface area contributed by atoms with Crippen LogP contribution in [0.1, 0.15) is 41.1 Å². The first-order chi connectivity index (χ1) is 14.0. The molecule has 3 aromatic rings. The SMILES string of the molecule is CCOC(=O)c1c(NC(=O)Cn2ncc3ccc(N)cc32)sc2c1CCC(C)C2. The van der Waals surface area contributed by atoms with E-state index in [1.165, 1.54) is 16.2 Å². The number of carbonyl (C=O) groups is 2. The lowest BCUT2D eigenvalue weighted by Gasteiger charge is -2.18. The molecule has 152 valence electrons. The number of aromatic nitrogens is 2. The van der Waals surface area contributed by atoms with Gasteiger partial charge in [-0.15, -0.1) is 11.3 Å². The molecule has 8 heteroatoms. The Kier molecular flexibility index (Phi) is 5.27. The van der Waals surface area contributed by atoms with Gasteiger partial charge in [0.15, 0.2) is 0 Å². The van der Waals surface area contributed by atoms with Crippen LogP contribution in [0.2, 0.25) is 0 Å². The number of nitrogens with zero attached hydrogens (tertiary/aromatic N) is 2. The normalized spacial score (nSPS) is 15.9. The van der Waals surface area contributed by atoms with E-state index in [1.807, 2.05) is 6.07 Å². The van der Waals surface area contributed by atoms with E-state index in [4.69, 9.17) is 10.5 Å². The molecule has 0 aliphatic heterocycles. The molecule has 7 nitrogen and oxygen atoms in total. The van der Waals surface area contributed by atoms with Crippen molar-refractivity contribution in [3.63, 3.8) is 0 Å². The molecule has 1 aromatic carbocycles. The lowest BCUT2D eigenvalue weighted by atomic mass is 9.88. The van der Waals surface area contributed by atoms with E-state index in [-0.39, 0.29) is 18.4 Å². The maximum absolute atomic E-state index is 12.8. The van der Waals surface area contributed by atoms with Crippen molar-refractivity contribution < 1.29 is 14.3 Å². The number of hydrogen-bond acceptors (Lipinski definition) is 6. The summed E-state index contributed by atoms with van der Waals surface area (Å²) in [6, 6.07) is 5.47. The van der Waals surface area contributed by atoms with Gasteiger partial charge in [0.1, 0.15) is 11.5 Å². The first-order valence-corrected chi connectivity index (χ1v) is 10.6. The number of carbonyl (C=O) groups excluding carboxylic acids is 2. The zero-order chi connectivity index (χ0) is 20.5. The van der Waals surface area contributed by atoms with Gasteiger partial charge in [0.25, 0.3) is 0 Å². The maximum Gasteiger partial charge on any atom is 0.341 e. The summed E-state index contributed by atoms with van der Waals surface area (Å²) in [5, 5.41) is 8.71. The molecule has 2 aromatic heterocycles. The molecule has 3 N–H and O–H groups in total. The highest BCUT2D eigenvalue weighted by molar-refractivity contribution is 7.17. The van der Waals surface area contributed by atoms with E-state index >= 15 is 0 Å². The molecule has 0 bridgehead atoms. The van der Waals surface area contributed by atoms with Crippen molar-refractivity contribution >= 4 is 44.8 Å². The Morgan fingerprint density at radius 1 is 1.41 bits per heavy atom. The van der Waals surface area contributed by atoms with E-state index in [9.17, 15) is 9.59 Å². The van der Waals surface area contributed by atoms with Crippen LogP contribution < -0.4 is 11.1 Å². The largest absolute Gasteiger partial charge is 0.462 e. The molecule has 0 saturated heterocycles. The Labute approximate surface area is 172 Å². The fraction of sp³-hybridized carbons (Fsp3) is 0.381. The molecule has 4 rings (SSSR count). The van der Waals surface area contributed by atoms with Crippen LogP contribution >= 0.6 is 11.3 Å². The van der Waals surface area contributed by atoms with E-state index in [1.54, 1.807) is 29.9 Å². The summed E-state index contributed by atoms with van der Waals surface area (Å²) >= 11 is 1.48. The minimum atomic E-state index is -0.368. The first-order valence-electron chi connectivity index (χ1n) is 9.78. The summed E-state index contributed by atoms with van der Waals surface area (Å²) in [5.74, 6) is -0.0394. The van der Waals surface area contributed by atoms with Crippen LogP contribution in [0.25, 0.3) is 10.9 Å². The molecule has 1 amide bonds. The molecule has 1 aliphatic carbocycles. The molecular weight excluding hydrogens is 388 g/mol. The van der Waals surface area contributed by atoms with Crippen LogP contribution in [0.15, 0.2) is 24.4 Å². The number of rotatable bonds is 5. The summed E-state index contributed by atoms with van der Waals surface area (Å²) < 4.78 is 6.87. The number of nitrogens with two attached hydrogens (primary N) is 1. The number of amides is 1. The van der Waals surface area contributed by atoms with E-state index in [0.717, 1.165) is 35.7 Å². The van der Waals surface area contributed by atoms with Crippen LogP contribution in [0, 0.1) is 5.92 Å². The molecule has 2 heterocycles. The zero-order valence-corrected chi connectivity index (χ0v) is 17.3. The summed E-state index contributed by atoms with van der Waals surface area (Å²) in [6.45, 7) is 4.33. The number of benzene rings is 1. The predicted octanol–water partition coefficient (Wildman–Crippen LogP) is 3.62. The van der Waals surface area contributed by atoms with Gasteiger partial charge >= 0.3 is 5.97 Å². The minimum absolute atomic E-state index is 0.0359. The number of anilines is 2. The highest BCUT2D eigenvalue weighted by atomic mass is 32.1. The van der Waals surface area contributed by atoms with E-state index < -0.39 is 0 Å². The number of ether oxygens (including phenoxy) is 1. The molecule has 1 unspecified atom stereocenters. The van der Waals surface area contributed by atoms with Crippen LogP contribution in [-0.4, -0.2) is 28.3 Å². The third-order valence-electron chi connectivity index (χ3n) is 5.21. The molecule has 29 heavy (non-hydrogen) atoms. The highest BCUT2D eigenvalue weighted by Crippen LogP contribution is 2.40. The lowest BCUT2D eigenvalue weighted by molar-refractivity contribution is -0.116. The number of fused-ring (bicyclic) bond motifs is 2. The zero-order valence-electron chi connectivity index (χ0n) is 16.5. The molecule has 0 radical (unpaired) electrons. The first kappa shape index (κ1) is 19.4. The summed E-state index contributed by atoms with van der Waals surface area (Å²) in [5.41, 5.74) is 8.82. The number of nitrogens with one attached hydrogen (secondary N) is 1. The van der Waals surface area contributed by atoms with Gasteiger partial charge in [0, 0.05) is 16.0 Å². The van der Waals surface area contributed by atoms with Crippen LogP contribution in [0.4, 0.5) is 10.7 Å². The maximum atomic E-state index is 12.8. The van der Waals surface area contributed by atoms with Crippen molar-refractivity contribution in [1.29, 1.82) is 0 Å². The van der Waals surface area contributed by atoms with Crippen LogP contribution in [0.5, 0.6) is 0 Å². The molecule has 1 atom stereocenters. The Balaban J connectivity index is 1.60. The monoisotopic (exact) mass is 412 g/mol. The number of thiophene rings is 1. The Hall–Kier alpha value is -2.87. The second-order valence-corrected chi connectivity index (χ2v) is 8.55. The number of esters is 1. The smallest absolute Gasteiger partial charge is 0.341 e. The third-order valence-corrected chi connectivity index (χ3v) is 6.38. The summed E-state index contributed by atoms with van der Waals surface area (Å²) in [4.78, 5) is 26.5. The Morgan fingerprint density at radius 2 is 2.24 bits per heavy atom. The van der Waals surface area contributed by atoms with Crippen molar-refractivity contribution in [2.75, 3.05) is 17.7 Å². The average Bonchev–Trinajstić information content (AvgIpc) is 3.22. The van der Waals surface area contributed by atoms with E-state index in [2.05, 4.69) is 17.3 Å². The van der Waals surface area contributed by atoms with Gasteiger partial charge in [0.05, 0.1) is 23.9 Å². The Morgan fingerprint density at radius 3 is 3.03 bits per heavy atom. The fourth-order valence-corrected chi connectivity index (χ4v) is 5.19. The van der Waals surface area contributed by atoms with Gasteiger partial charge in [-0.2, -0.15) is 5.10 Å². The average molecular weight is 413 g/mol. The van der Waals surface area contributed by atoms with Crippen LogP contribution in [0.3, 0.4) is 0 Å². The molecule has 0 saturated carbocycles. The number of nitrogen functional groups attached to an aromatic ring is 1. The van der Waals surface area contributed by atoms with Gasteiger partial charge < -0.3 is 15.8 Å². The van der Waals surface area contributed by atoms with Crippen molar-refractivity contribution in [1.82, 2.24) is 9.78 Å². The molecule has 1 aliphatic rings. The third kappa shape index (κ3) is 3.85. The predicted molar refractivity (Wildman–Crippen MR) is 114 cm³/mol. The fourth-order valence-electron chi connectivity index (χ4n) is 3.77. The number of hydrogen-bond donors (Lipinski definition) is 2. The van der Waals surface area contributed by atoms with Crippen molar-refractivity contribution in [2.24, 2.45) is 5.92 Å². The second kappa shape index (κ2) is 7.87. The van der Waals surface area contributed by atoms with Crippen molar-refractivity contribution in [2.45, 2.75) is 39.7 Å². The van der Waals surface area contributed by atoms with Crippen LogP contribution in [-0.2, 0) is 28.9 Å². The molecule has 0 spiro atoms. The summed E-state index contributed by atoms with van der Waals surface area (Å²) in [6.07, 6.45) is 4.49. The standard InChI is InChI=1S/C21H24N4O3S/c1-3-28-21(27)19-15-7-4-12(2)8-17(15)29-20(19)24-18(26)11-25-16-9-14(22)6-5-13(16)10-23-25/h5-6,9-10,12H,3-4,7-8,11,22H2,1-2H3,(H,24,26). The van der Waals surface area contributed by atoms with Crippen molar-refractivity contribution in [3.8, 4) is 0 Å². The van der Waals surface area contributed by atoms with Gasteiger partial charge in [-0.3, -0.25) is 9.48 Å². The van der Waals surface area contributed by atoms with Gasteiger partial charge in [-0.25, -0.2) is 4.79 Å².